The van der Waals surface area contributed by atoms with Gasteiger partial charge in [-0.1, -0.05) is 42.5 Å². The minimum atomic E-state index is -0.381. The quantitative estimate of drug-likeness (QED) is 0.726. The Morgan fingerprint density at radius 1 is 1.19 bits per heavy atom. The Kier molecular flexibility index (Phi) is 5.56. The number of amides is 2. The summed E-state index contributed by atoms with van der Waals surface area (Å²) in [7, 11) is 0. The third-order valence-electron chi connectivity index (χ3n) is 4.38. The molecule has 2 amide bonds. The fourth-order valence-corrected chi connectivity index (χ4v) is 3.87. The van der Waals surface area contributed by atoms with E-state index >= 15 is 0 Å². The molecule has 138 valence electrons. The second-order valence-electron chi connectivity index (χ2n) is 6.16. The van der Waals surface area contributed by atoms with E-state index in [2.05, 4.69) is 36.2 Å². The van der Waals surface area contributed by atoms with Crippen molar-refractivity contribution in [3.63, 3.8) is 0 Å². The smallest absolute Gasteiger partial charge is 0.350 e. The first kappa shape index (κ1) is 18.4. The van der Waals surface area contributed by atoms with Gasteiger partial charge in [-0.25, -0.2) is 14.6 Å². The van der Waals surface area contributed by atoms with Gasteiger partial charge in [0.2, 0.25) is 0 Å². The third-order valence-corrected chi connectivity index (χ3v) is 5.54. The highest BCUT2D eigenvalue weighted by Gasteiger charge is 2.32. The Labute approximate surface area is 157 Å². The summed E-state index contributed by atoms with van der Waals surface area (Å²) in [6.45, 7) is 7.76. The minimum absolute atomic E-state index is 0.0753. The maximum absolute atomic E-state index is 12.8. The molecule has 1 aromatic carbocycles. The van der Waals surface area contributed by atoms with Crippen LogP contribution < -0.4 is 4.90 Å². The van der Waals surface area contributed by atoms with Crippen molar-refractivity contribution in [3.8, 4) is 0 Å². The van der Waals surface area contributed by atoms with E-state index in [1.807, 2.05) is 4.90 Å². The van der Waals surface area contributed by atoms with Gasteiger partial charge in [-0.15, -0.1) is 0 Å². The highest BCUT2D eigenvalue weighted by atomic mass is 32.1. The van der Waals surface area contributed by atoms with Crippen LogP contribution in [0.25, 0.3) is 0 Å². The van der Waals surface area contributed by atoms with Gasteiger partial charge in [0.1, 0.15) is 4.88 Å². The monoisotopic (exact) mass is 373 g/mol. The van der Waals surface area contributed by atoms with E-state index in [1.54, 1.807) is 18.7 Å². The lowest BCUT2D eigenvalue weighted by atomic mass is 10.1. The summed E-state index contributed by atoms with van der Waals surface area (Å²) in [5, 5.41) is 0.555. The fraction of sp³-hybridized carbons (Fsp3) is 0.421. The first-order valence-electron chi connectivity index (χ1n) is 8.82. The number of anilines is 1. The molecule has 0 bridgehead atoms. The molecule has 1 aromatic heterocycles. The number of carbonyl (C=O) groups excluding carboxylic acids is 2. The van der Waals surface area contributed by atoms with Gasteiger partial charge in [0, 0.05) is 19.6 Å². The maximum atomic E-state index is 12.8. The Morgan fingerprint density at radius 2 is 1.88 bits per heavy atom. The second kappa shape index (κ2) is 7.86. The molecular weight excluding hydrogens is 350 g/mol. The number of rotatable bonds is 6. The van der Waals surface area contributed by atoms with Crippen LogP contribution in [0.5, 0.6) is 0 Å². The van der Waals surface area contributed by atoms with Gasteiger partial charge < -0.3 is 9.64 Å². The summed E-state index contributed by atoms with van der Waals surface area (Å²) < 4.78 is 5.05. The van der Waals surface area contributed by atoms with E-state index in [0.29, 0.717) is 41.9 Å². The van der Waals surface area contributed by atoms with Gasteiger partial charge in [0.15, 0.2) is 5.13 Å². The van der Waals surface area contributed by atoms with Crippen LogP contribution in [-0.2, 0) is 17.7 Å². The van der Waals surface area contributed by atoms with Crippen LogP contribution in [0, 0.1) is 6.92 Å². The molecule has 2 aromatic rings. The van der Waals surface area contributed by atoms with E-state index in [4.69, 9.17) is 4.74 Å². The van der Waals surface area contributed by atoms with Crippen molar-refractivity contribution in [2.75, 3.05) is 24.6 Å². The van der Waals surface area contributed by atoms with Crippen molar-refractivity contribution in [2.45, 2.75) is 33.7 Å². The molecule has 0 aliphatic carbocycles. The van der Waals surface area contributed by atoms with E-state index in [-0.39, 0.29) is 12.0 Å². The van der Waals surface area contributed by atoms with Crippen LogP contribution in [0.4, 0.5) is 9.93 Å². The molecule has 0 N–H and O–H groups in total. The normalized spacial score (nSPS) is 14.2. The molecule has 0 saturated carbocycles. The van der Waals surface area contributed by atoms with Crippen molar-refractivity contribution < 1.29 is 14.3 Å². The largest absolute Gasteiger partial charge is 0.462 e. The molecule has 0 unspecified atom stereocenters. The Morgan fingerprint density at radius 3 is 2.54 bits per heavy atom. The summed E-state index contributed by atoms with van der Waals surface area (Å²) >= 11 is 1.21. The standard InChI is InChI=1S/C19H23N3O3S/c1-4-14-6-8-15(9-7-14)12-21-10-11-22(19(21)24)18-20-13(3)16(26-18)17(23)25-5-2/h6-9H,4-5,10-12H2,1-3H3. The van der Waals surface area contributed by atoms with Crippen LogP contribution in [-0.4, -0.2) is 41.6 Å². The van der Waals surface area contributed by atoms with Crippen molar-refractivity contribution >= 4 is 28.5 Å². The van der Waals surface area contributed by atoms with Crippen molar-refractivity contribution in [2.24, 2.45) is 0 Å². The first-order valence-corrected chi connectivity index (χ1v) is 9.64. The highest BCUT2D eigenvalue weighted by Crippen LogP contribution is 2.29. The van der Waals surface area contributed by atoms with Gasteiger partial charge in [0.25, 0.3) is 0 Å². The number of hydrogen-bond acceptors (Lipinski definition) is 5. The zero-order chi connectivity index (χ0) is 18.7. The number of benzene rings is 1. The zero-order valence-electron chi connectivity index (χ0n) is 15.3. The lowest BCUT2D eigenvalue weighted by molar-refractivity contribution is 0.0531. The molecule has 7 heteroatoms. The number of hydrogen-bond donors (Lipinski definition) is 0. The Hall–Kier alpha value is -2.41. The van der Waals surface area contributed by atoms with Gasteiger partial charge >= 0.3 is 12.0 Å². The molecule has 1 aliphatic rings. The summed E-state index contributed by atoms with van der Waals surface area (Å²) in [5.74, 6) is -0.381. The molecule has 0 radical (unpaired) electrons. The molecule has 26 heavy (non-hydrogen) atoms. The van der Waals surface area contributed by atoms with Crippen LogP contribution >= 0.6 is 11.3 Å². The van der Waals surface area contributed by atoms with E-state index in [0.717, 1.165) is 12.0 Å². The number of nitrogens with zero attached hydrogens (tertiary/aromatic N) is 3. The number of carbonyl (C=O) groups is 2. The van der Waals surface area contributed by atoms with Crippen LogP contribution in [0.1, 0.15) is 40.3 Å². The number of aromatic nitrogens is 1. The molecule has 1 aliphatic heterocycles. The van der Waals surface area contributed by atoms with Crippen molar-refractivity contribution in [1.29, 1.82) is 0 Å². The molecule has 1 fully saturated rings. The lowest BCUT2D eigenvalue weighted by Gasteiger charge is -2.17. The molecule has 0 atom stereocenters. The van der Waals surface area contributed by atoms with Crippen LogP contribution in [0.3, 0.4) is 0 Å². The molecular formula is C19H23N3O3S. The SMILES string of the molecule is CCOC(=O)c1sc(N2CCN(Cc3ccc(CC)cc3)C2=O)nc1C. The summed E-state index contributed by atoms with van der Waals surface area (Å²) in [4.78, 5) is 33.0. The first-order chi connectivity index (χ1) is 12.5. The Balaban J connectivity index is 1.70. The number of aryl methyl sites for hydroxylation is 2. The molecule has 0 spiro atoms. The predicted molar refractivity (Wildman–Crippen MR) is 102 cm³/mol. The van der Waals surface area contributed by atoms with Gasteiger partial charge in [-0.2, -0.15) is 0 Å². The third kappa shape index (κ3) is 3.72. The van der Waals surface area contributed by atoms with E-state index in [9.17, 15) is 9.59 Å². The molecule has 6 nitrogen and oxygen atoms in total. The summed E-state index contributed by atoms with van der Waals surface area (Å²) in [6, 6.07) is 8.27. The van der Waals surface area contributed by atoms with Gasteiger partial charge in [-0.05, 0) is 31.4 Å². The molecule has 2 heterocycles. The van der Waals surface area contributed by atoms with Gasteiger partial charge in [-0.3, -0.25) is 4.90 Å². The highest BCUT2D eigenvalue weighted by molar-refractivity contribution is 7.17. The van der Waals surface area contributed by atoms with Crippen LogP contribution in [0.15, 0.2) is 24.3 Å². The topological polar surface area (TPSA) is 62.7 Å². The van der Waals surface area contributed by atoms with Crippen LogP contribution in [0.2, 0.25) is 0 Å². The Bertz CT molecular complexity index is 801. The van der Waals surface area contributed by atoms with Gasteiger partial charge in [0.05, 0.1) is 12.3 Å². The lowest BCUT2D eigenvalue weighted by Crippen LogP contribution is -2.31. The van der Waals surface area contributed by atoms with E-state index < -0.39 is 0 Å². The summed E-state index contributed by atoms with van der Waals surface area (Å²) in [5.41, 5.74) is 3.00. The van der Waals surface area contributed by atoms with Crippen molar-refractivity contribution in [3.05, 3.63) is 46.0 Å². The number of ether oxygens (including phenoxy) is 1. The summed E-state index contributed by atoms with van der Waals surface area (Å²) in [6.07, 6.45) is 1.00. The minimum Gasteiger partial charge on any atom is -0.462 e. The second-order valence-corrected chi connectivity index (χ2v) is 7.13. The average molecular weight is 373 g/mol. The average Bonchev–Trinajstić information content (AvgIpc) is 3.19. The zero-order valence-corrected chi connectivity index (χ0v) is 16.1. The van der Waals surface area contributed by atoms with Crippen molar-refractivity contribution in [1.82, 2.24) is 9.88 Å². The number of esters is 1. The number of thiazole rings is 1. The maximum Gasteiger partial charge on any atom is 0.350 e. The predicted octanol–water partition coefficient (Wildman–Crippen LogP) is 3.63. The van der Waals surface area contributed by atoms with E-state index in [1.165, 1.54) is 16.9 Å². The fourth-order valence-electron chi connectivity index (χ4n) is 2.89. The molecule has 1 saturated heterocycles. The molecule has 3 rings (SSSR count). The number of urea groups is 1.